The van der Waals surface area contributed by atoms with Crippen LogP contribution in [0.15, 0.2) is 5.57 Å². The monoisotopic (exact) mass is 111 g/mol. The molecule has 1 radical (unpaired) electrons. The SMILES string of the molecule is OCC1=[C]CCCC1. The van der Waals surface area contributed by atoms with Gasteiger partial charge in [-0.05, 0) is 37.3 Å². The maximum Gasteiger partial charge on any atom is 0.0647 e. The molecule has 0 amide bonds. The zero-order valence-electron chi connectivity index (χ0n) is 4.98. The molecule has 0 aromatic carbocycles. The Hall–Kier alpha value is -0.300. The third-order valence-corrected chi connectivity index (χ3v) is 1.47. The van der Waals surface area contributed by atoms with Gasteiger partial charge in [0.2, 0.25) is 0 Å². The van der Waals surface area contributed by atoms with Gasteiger partial charge >= 0.3 is 0 Å². The third kappa shape index (κ3) is 1.34. The Morgan fingerprint density at radius 3 is 2.75 bits per heavy atom. The molecule has 0 atom stereocenters. The Morgan fingerprint density at radius 2 is 2.38 bits per heavy atom. The van der Waals surface area contributed by atoms with Crippen molar-refractivity contribution in [3.05, 3.63) is 11.6 Å². The minimum Gasteiger partial charge on any atom is -0.392 e. The molecule has 0 aromatic heterocycles. The molecule has 0 saturated carbocycles. The standard InChI is InChI=1S/C7H11O/c8-6-7-4-2-1-3-5-7/h8H,1-4,6H2. The van der Waals surface area contributed by atoms with Crippen LogP contribution in [-0.4, -0.2) is 11.7 Å². The molecule has 0 aromatic rings. The summed E-state index contributed by atoms with van der Waals surface area (Å²) in [6.07, 6.45) is 7.75. The molecule has 0 saturated heterocycles. The van der Waals surface area contributed by atoms with Crippen molar-refractivity contribution in [1.29, 1.82) is 0 Å². The van der Waals surface area contributed by atoms with Gasteiger partial charge in [-0.25, -0.2) is 0 Å². The molecule has 0 heterocycles. The second-order valence-corrected chi connectivity index (χ2v) is 2.15. The highest BCUT2D eigenvalue weighted by Crippen LogP contribution is 2.14. The zero-order valence-corrected chi connectivity index (χ0v) is 4.98. The van der Waals surface area contributed by atoms with E-state index in [-0.39, 0.29) is 6.61 Å². The summed E-state index contributed by atoms with van der Waals surface area (Å²) in [6, 6.07) is 0. The third-order valence-electron chi connectivity index (χ3n) is 1.47. The van der Waals surface area contributed by atoms with Crippen LogP contribution in [0.5, 0.6) is 0 Å². The lowest BCUT2D eigenvalue weighted by Gasteiger charge is -2.07. The van der Waals surface area contributed by atoms with E-state index in [0.717, 1.165) is 18.4 Å². The molecule has 1 rings (SSSR count). The number of aliphatic hydroxyl groups is 1. The lowest BCUT2D eigenvalue weighted by atomic mass is 10.0. The zero-order chi connectivity index (χ0) is 5.82. The number of hydrogen-bond donors (Lipinski definition) is 1. The highest BCUT2D eigenvalue weighted by atomic mass is 16.3. The van der Waals surface area contributed by atoms with Crippen LogP contribution < -0.4 is 0 Å². The predicted octanol–water partition coefficient (Wildman–Crippen LogP) is 1.28. The van der Waals surface area contributed by atoms with Crippen molar-refractivity contribution >= 4 is 0 Å². The molecule has 45 valence electrons. The van der Waals surface area contributed by atoms with Crippen molar-refractivity contribution in [2.75, 3.05) is 6.61 Å². The fraction of sp³-hybridized carbons (Fsp3) is 0.714. The fourth-order valence-corrected chi connectivity index (χ4v) is 0.952. The summed E-state index contributed by atoms with van der Waals surface area (Å²) < 4.78 is 0. The summed E-state index contributed by atoms with van der Waals surface area (Å²) in [6.45, 7) is 0.222. The summed E-state index contributed by atoms with van der Waals surface area (Å²) in [5, 5.41) is 8.59. The van der Waals surface area contributed by atoms with Gasteiger partial charge in [-0.1, -0.05) is 0 Å². The molecule has 1 aliphatic carbocycles. The van der Waals surface area contributed by atoms with Crippen molar-refractivity contribution in [3.8, 4) is 0 Å². The summed E-state index contributed by atoms with van der Waals surface area (Å²) in [7, 11) is 0. The lowest BCUT2D eigenvalue weighted by molar-refractivity contribution is 0.321. The average molecular weight is 111 g/mol. The normalized spacial score (nSPS) is 20.4. The quantitative estimate of drug-likeness (QED) is 0.540. The number of rotatable bonds is 1. The van der Waals surface area contributed by atoms with E-state index in [9.17, 15) is 0 Å². The molecule has 1 aliphatic rings. The van der Waals surface area contributed by atoms with Gasteiger partial charge in [0, 0.05) is 0 Å². The first kappa shape index (κ1) is 5.83. The summed E-state index contributed by atoms with van der Waals surface area (Å²) in [5.74, 6) is 0. The lowest BCUT2D eigenvalue weighted by Crippen LogP contribution is -1.95. The van der Waals surface area contributed by atoms with Crippen LogP contribution in [0.2, 0.25) is 0 Å². The summed E-state index contributed by atoms with van der Waals surface area (Å²) in [4.78, 5) is 0. The van der Waals surface area contributed by atoms with Gasteiger partial charge < -0.3 is 5.11 Å². The average Bonchev–Trinajstić information content (AvgIpc) is 1.90. The molecule has 0 aliphatic heterocycles. The predicted molar refractivity (Wildman–Crippen MR) is 32.3 cm³/mol. The molecule has 0 spiro atoms. The Morgan fingerprint density at radius 1 is 1.50 bits per heavy atom. The molecule has 1 N–H and O–H groups in total. The van der Waals surface area contributed by atoms with Crippen LogP contribution in [0.1, 0.15) is 25.7 Å². The minimum absolute atomic E-state index is 0.222. The smallest absolute Gasteiger partial charge is 0.0647 e. The Bertz CT molecular complexity index is 94.6. The van der Waals surface area contributed by atoms with E-state index in [4.69, 9.17) is 5.11 Å². The molecule has 0 unspecified atom stereocenters. The first-order chi connectivity index (χ1) is 3.93. The maximum absolute atomic E-state index is 8.59. The molecule has 0 fully saturated rings. The van der Waals surface area contributed by atoms with Crippen molar-refractivity contribution in [1.82, 2.24) is 0 Å². The maximum atomic E-state index is 8.59. The Balaban J connectivity index is 2.37. The molecule has 8 heavy (non-hydrogen) atoms. The minimum atomic E-state index is 0.222. The largest absolute Gasteiger partial charge is 0.392 e. The Kier molecular flexibility index (Phi) is 2.10. The van der Waals surface area contributed by atoms with E-state index in [1.807, 2.05) is 0 Å². The number of hydrogen-bond acceptors (Lipinski definition) is 1. The molecular weight excluding hydrogens is 100 g/mol. The molecule has 0 bridgehead atoms. The van der Waals surface area contributed by atoms with Crippen molar-refractivity contribution in [3.63, 3.8) is 0 Å². The first-order valence-corrected chi connectivity index (χ1v) is 3.13. The summed E-state index contributed by atoms with van der Waals surface area (Å²) >= 11 is 0. The highest BCUT2D eigenvalue weighted by molar-refractivity contribution is 4.99. The van der Waals surface area contributed by atoms with Gasteiger partial charge in [-0.15, -0.1) is 0 Å². The number of aliphatic hydroxyl groups excluding tert-OH is 1. The van der Waals surface area contributed by atoms with Crippen LogP contribution in [0.25, 0.3) is 0 Å². The van der Waals surface area contributed by atoms with Gasteiger partial charge in [0.05, 0.1) is 6.61 Å². The molecule has 1 heteroatoms. The highest BCUT2D eigenvalue weighted by Gasteiger charge is 2.00. The second kappa shape index (κ2) is 2.88. The fourth-order valence-electron chi connectivity index (χ4n) is 0.952. The van der Waals surface area contributed by atoms with Crippen molar-refractivity contribution < 1.29 is 5.11 Å². The van der Waals surface area contributed by atoms with E-state index in [2.05, 4.69) is 6.08 Å². The first-order valence-electron chi connectivity index (χ1n) is 3.13. The van der Waals surface area contributed by atoms with E-state index < -0.39 is 0 Å². The molecular formula is C7H11O. The van der Waals surface area contributed by atoms with Crippen LogP contribution >= 0.6 is 0 Å². The van der Waals surface area contributed by atoms with E-state index in [1.165, 1.54) is 12.8 Å². The molecule has 1 nitrogen and oxygen atoms in total. The summed E-state index contributed by atoms with van der Waals surface area (Å²) in [5.41, 5.74) is 1.11. The van der Waals surface area contributed by atoms with Crippen LogP contribution in [0.4, 0.5) is 0 Å². The van der Waals surface area contributed by atoms with Crippen molar-refractivity contribution in [2.45, 2.75) is 25.7 Å². The topological polar surface area (TPSA) is 20.2 Å². The second-order valence-electron chi connectivity index (χ2n) is 2.15. The van der Waals surface area contributed by atoms with Gasteiger partial charge in [0.15, 0.2) is 0 Å². The van der Waals surface area contributed by atoms with Crippen LogP contribution in [-0.2, 0) is 0 Å². The van der Waals surface area contributed by atoms with Gasteiger partial charge in [-0.2, -0.15) is 0 Å². The van der Waals surface area contributed by atoms with Gasteiger partial charge in [0.1, 0.15) is 0 Å². The van der Waals surface area contributed by atoms with Gasteiger partial charge in [0.25, 0.3) is 0 Å². The van der Waals surface area contributed by atoms with Crippen LogP contribution in [0, 0.1) is 6.08 Å². The number of allylic oxidation sites excluding steroid dienone is 1. The van der Waals surface area contributed by atoms with E-state index in [0.29, 0.717) is 0 Å². The van der Waals surface area contributed by atoms with Gasteiger partial charge in [-0.3, -0.25) is 0 Å². The van der Waals surface area contributed by atoms with Crippen LogP contribution in [0.3, 0.4) is 0 Å². The van der Waals surface area contributed by atoms with Crippen molar-refractivity contribution in [2.24, 2.45) is 0 Å². The van der Waals surface area contributed by atoms with E-state index >= 15 is 0 Å². The Labute approximate surface area is 50.0 Å². The van der Waals surface area contributed by atoms with E-state index in [1.54, 1.807) is 0 Å².